The summed E-state index contributed by atoms with van der Waals surface area (Å²) in [4.78, 5) is 7.29. The van der Waals surface area contributed by atoms with Crippen LogP contribution in [0.15, 0.2) is 109 Å². The zero-order valence-corrected chi connectivity index (χ0v) is 47.8. The van der Waals surface area contributed by atoms with Gasteiger partial charge in [0.25, 0.3) is 6.71 Å². The molecule has 76 heavy (non-hydrogen) atoms. The first-order valence-electron chi connectivity index (χ1n) is 27.3. The fourth-order valence-corrected chi connectivity index (χ4v) is 14.9. The van der Waals surface area contributed by atoms with E-state index in [-0.39, 0.29) is 61.1 Å². The van der Waals surface area contributed by atoms with Crippen LogP contribution in [0.4, 0.5) is 51.2 Å². The molecule has 3 nitrogen and oxygen atoms in total. The Balaban J connectivity index is 1.28. The standard InChI is InChI=1S/C66H65B6N3S/c1-36-27-37(2)29-41(28-36)74-49-22-19-38(62(3,4)5)30-48(49)72-58-50(74)32-42(73(39-17-15-14-16-18-39)60-56(70)54(68)53(67)55(69)57(60)71)33-51(58)75(40-20-21-44-45(31-40)64(8,9)24-23-63(44,6)7)59-43-34-46-47(35-52(43)76-61(59)72)66(12,13)26-25-65(46,10)11/h14-22,27-35H,23-26H2,1-13H3. The monoisotopic (exact) mass is 998 g/mol. The molecule has 8 aromatic rings. The van der Waals surface area contributed by atoms with E-state index in [0.717, 1.165) is 65.5 Å². The molecule has 10 heteroatoms. The number of nitrogens with zero attached hydrogens (tertiary/aromatic N) is 3. The van der Waals surface area contributed by atoms with Crippen LogP contribution in [-0.2, 0) is 27.1 Å². The Kier molecular flexibility index (Phi) is 11.5. The topological polar surface area (TPSA) is 9.72 Å². The fourth-order valence-electron chi connectivity index (χ4n) is 13.5. The van der Waals surface area contributed by atoms with E-state index in [0.29, 0.717) is 5.69 Å². The first-order valence-corrected chi connectivity index (χ1v) is 28.1. The summed E-state index contributed by atoms with van der Waals surface area (Å²) in [5.41, 5.74) is 22.0. The Bertz CT molecular complexity index is 3720. The number of fused-ring (bicyclic) bond motifs is 8. The molecule has 3 heterocycles. The van der Waals surface area contributed by atoms with Crippen molar-refractivity contribution in [2.24, 2.45) is 0 Å². The Morgan fingerprint density at radius 2 is 1.05 bits per heavy atom. The van der Waals surface area contributed by atoms with Crippen LogP contribution in [-0.4, -0.2) is 45.9 Å². The van der Waals surface area contributed by atoms with Crippen LogP contribution in [0.1, 0.15) is 141 Å². The average molecular weight is 997 g/mol. The molecular weight excluding hydrogens is 932 g/mol. The molecule has 0 N–H and O–H groups in total. The highest BCUT2D eigenvalue weighted by atomic mass is 32.1. The minimum Gasteiger partial charge on any atom is -0.312 e. The Morgan fingerprint density at radius 3 is 1.64 bits per heavy atom. The fraction of sp³-hybridized carbons (Fsp3) is 0.333. The summed E-state index contributed by atoms with van der Waals surface area (Å²) in [5, 5.41) is 1.29. The van der Waals surface area contributed by atoms with E-state index in [1.165, 1.54) is 70.4 Å². The van der Waals surface area contributed by atoms with E-state index in [2.05, 4.69) is 196 Å². The molecule has 4 aliphatic rings. The van der Waals surface area contributed by atoms with Crippen molar-refractivity contribution in [3.8, 4) is 0 Å². The second-order valence-corrected chi connectivity index (χ2v) is 27.5. The number of anilines is 9. The molecule has 7 aromatic carbocycles. The van der Waals surface area contributed by atoms with Crippen LogP contribution < -0.4 is 57.7 Å². The molecule has 0 amide bonds. The van der Waals surface area contributed by atoms with E-state index >= 15 is 0 Å². The normalized spacial score (nSPS) is 17.4. The lowest BCUT2D eigenvalue weighted by Gasteiger charge is -2.46. The van der Waals surface area contributed by atoms with Gasteiger partial charge in [0.15, 0.2) is 0 Å². The maximum absolute atomic E-state index is 7.17. The van der Waals surface area contributed by atoms with Gasteiger partial charge in [0, 0.05) is 54.7 Å². The molecule has 10 radical (unpaired) electrons. The van der Waals surface area contributed by atoms with Gasteiger partial charge in [-0.1, -0.05) is 130 Å². The van der Waals surface area contributed by atoms with Gasteiger partial charge in [-0.05, 0) is 183 Å². The Labute approximate surface area is 464 Å². The van der Waals surface area contributed by atoms with Crippen LogP contribution >= 0.6 is 11.3 Å². The van der Waals surface area contributed by atoms with Gasteiger partial charge in [-0.2, -0.15) is 0 Å². The van der Waals surface area contributed by atoms with Gasteiger partial charge >= 0.3 is 0 Å². The molecule has 12 rings (SSSR count). The zero-order chi connectivity index (χ0) is 54.1. The minimum absolute atomic E-state index is 0.00264. The molecular formula is C66H65B6N3S. The lowest BCUT2D eigenvalue weighted by Crippen LogP contribution is -2.60. The summed E-state index contributed by atoms with van der Waals surface area (Å²) < 4.78 is 2.67. The van der Waals surface area contributed by atoms with Gasteiger partial charge in [0.05, 0.1) is 11.4 Å². The SMILES string of the molecule is [B]c1c([B])c([B])c(N(c2ccccc2)c2cc3c4c(c2)N(c2ccc5c(c2)C(C)(C)CCC5(C)C)c2c(sc5cc6c(cc25)C(C)(C)CCC6(C)C)B4c2cc(C(C)(C)C)ccc2N3c2cc(C)cc(C)c2)c([B])c1[B]. The smallest absolute Gasteiger partial charge is 0.264 e. The summed E-state index contributed by atoms with van der Waals surface area (Å²) in [6.07, 6.45) is 4.51. The van der Waals surface area contributed by atoms with Crippen LogP contribution in [0.3, 0.4) is 0 Å². The molecule has 0 fully saturated rings. The third kappa shape index (κ3) is 7.71. The average Bonchev–Trinajstić information content (AvgIpc) is 3.84. The van der Waals surface area contributed by atoms with Crippen molar-refractivity contribution in [3.63, 3.8) is 0 Å². The maximum Gasteiger partial charge on any atom is 0.264 e. The first kappa shape index (κ1) is 51.1. The molecule has 0 saturated carbocycles. The molecule has 0 atom stereocenters. The van der Waals surface area contributed by atoms with Gasteiger partial charge in [-0.25, -0.2) is 0 Å². The minimum atomic E-state index is -0.115. The van der Waals surface area contributed by atoms with Crippen LogP contribution in [0, 0.1) is 13.8 Å². The van der Waals surface area contributed by atoms with Crippen molar-refractivity contribution in [1.29, 1.82) is 0 Å². The molecule has 0 bridgehead atoms. The molecule has 0 spiro atoms. The van der Waals surface area contributed by atoms with E-state index in [1.54, 1.807) is 0 Å². The molecule has 0 saturated heterocycles. The van der Waals surface area contributed by atoms with Crippen molar-refractivity contribution in [2.45, 2.75) is 143 Å². The van der Waals surface area contributed by atoms with Gasteiger partial charge in [0.1, 0.15) is 39.2 Å². The van der Waals surface area contributed by atoms with Crippen LogP contribution in [0.5, 0.6) is 0 Å². The van der Waals surface area contributed by atoms with Crippen LogP contribution in [0.2, 0.25) is 0 Å². The third-order valence-corrected chi connectivity index (χ3v) is 19.4. The summed E-state index contributed by atoms with van der Waals surface area (Å²) in [5.74, 6) is 0. The van der Waals surface area contributed by atoms with Gasteiger partial charge in [-0.3, -0.25) is 0 Å². The molecule has 368 valence electrons. The number of benzene rings is 7. The van der Waals surface area contributed by atoms with Crippen molar-refractivity contribution >= 4 is 162 Å². The van der Waals surface area contributed by atoms with Crippen molar-refractivity contribution in [1.82, 2.24) is 0 Å². The van der Waals surface area contributed by atoms with E-state index in [4.69, 9.17) is 39.2 Å². The van der Waals surface area contributed by atoms with E-state index < -0.39 is 0 Å². The van der Waals surface area contributed by atoms with Gasteiger partial charge in [0.2, 0.25) is 0 Å². The predicted octanol–water partition coefficient (Wildman–Crippen LogP) is 11.0. The Hall–Kier alpha value is -5.71. The molecule has 2 aliphatic carbocycles. The summed E-state index contributed by atoms with van der Waals surface area (Å²) in [6.45, 7) is 30.8. The second-order valence-electron chi connectivity index (χ2n) is 26.4. The van der Waals surface area contributed by atoms with Gasteiger partial charge < -0.3 is 14.7 Å². The highest BCUT2D eigenvalue weighted by molar-refractivity contribution is 7.33. The number of rotatable bonds is 5. The maximum atomic E-state index is 7.17. The molecule has 2 aliphatic heterocycles. The summed E-state index contributed by atoms with van der Waals surface area (Å²) in [7, 11) is 34.5. The molecule has 0 unspecified atom stereocenters. The molecule has 1 aromatic heterocycles. The predicted molar refractivity (Wildman–Crippen MR) is 336 cm³/mol. The number of thiophene rings is 1. The van der Waals surface area contributed by atoms with Crippen LogP contribution in [0.25, 0.3) is 10.1 Å². The summed E-state index contributed by atoms with van der Waals surface area (Å²) in [6, 6.07) is 41.7. The lowest BCUT2D eigenvalue weighted by atomic mass is 9.36. The largest absolute Gasteiger partial charge is 0.312 e. The van der Waals surface area contributed by atoms with Crippen molar-refractivity contribution in [2.75, 3.05) is 14.7 Å². The van der Waals surface area contributed by atoms with Gasteiger partial charge in [-0.15, -0.1) is 27.7 Å². The summed E-state index contributed by atoms with van der Waals surface area (Å²) >= 11 is 1.99. The third-order valence-electron chi connectivity index (χ3n) is 18.2. The second kappa shape index (κ2) is 17.1. The zero-order valence-electron chi connectivity index (χ0n) is 46.9. The number of hydrogen-bond donors (Lipinski definition) is 0. The van der Waals surface area contributed by atoms with Crippen molar-refractivity contribution in [3.05, 3.63) is 148 Å². The number of aryl methyl sites for hydroxylation is 2. The Morgan fingerprint density at radius 1 is 0.513 bits per heavy atom. The quantitative estimate of drug-likeness (QED) is 0.159. The highest BCUT2D eigenvalue weighted by Crippen LogP contribution is 2.55. The lowest BCUT2D eigenvalue weighted by molar-refractivity contribution is 0.332. The first-order chi connectivity index (χ1) is 35.7. The number of para-hydroxylation sites is 1. The number of hydrogen-bond acceptors (Lipinski definition) is 4. The highest BCUT2D eigenvalue weighted by Gasteiger charge is 2.48. The van der Waals surface area contributed by atoms with Crippen molar-refractivity contribution < 1.29 is 0 Å². The van der Waals surface area contributed by atoms with E-state index in [9.17, 15) is 0 Å². The van der Waals surface area contributed by atoms with E-state index in [1.807, 2.05) is 29.5 Å².